The summed E-state index contributed by atoms with van der Waals surface area (Å²) in [6.07, 6.45) is 8.73. The van der Waals surface area contributed by atoms with Crippen LogP contribution in [-0.2, 0) is 0 Å². The van der Waals surface area contributed by atoms with Crippen LogP contribution < -0.4 is 75.3 Å². The highest BCUT2D eigenvalue weighted by atomic mass is 16.7. The van der Waals surface area contributed by atoms with Gasteiger partial charge in [-0.05, 0) is 61.1 Å². The molecule has 2 fully saturated rings. The number of hydrogen-bond donors (Lipinski definition) is 12. The van der Waals surface area contributed by atoms with E-state index in [1.165, 1.54) is 0 Å². The molecule has 16 heteroatoms. The quantitative estimate of drug-likeness (QED) is 0.0641. The Hall–Kier alpha value is -5.54. The van der Waals surface area contributed by atoms with Crippen molar-refractivity contribution >= 4 is 36.3 Å². The third kappa shape index (κ3) is 6.49. The van der Waals surface area contributed by atoms with Crippen LogP contribution in [0.3, 0.4) is 0 Å². The van der Waals surface area contributed by atoms with Crippen molar-refractivity contribution in [3.63, 3.8) is 0 Å². The molecule has 20 N–H and O–H groups in total. The topological polar surface area (TPSA) is 289 Å². The third-order valence-corrected chi connectivity index (χ3v) is 9.89. The lowest BCUT2D eigenvalue weighted by atomic mass is 9.90. The number of benzene rings is 2. The summed E-state index contributed by atoms with van der Waals surface area (Å²) in [5, 5.41) is 0. The normalized spacial score (nSPS) is 21.3. The zero-order chi connectivity index (χ0) is 35.0. The average molecular weight is 677 g/mol. The molecule has 49 heavy (non-hydrogen) atoms. The van der Waals surface area contributed by atoms with Crippen LogP contribution in [0.2, 0.25) is 0 Å². The van der Waals surface area contributed by atoms with Crippen LogP contribution >= 0.6 is 0 Å². The molecule has 0 radical (unpaired) electrons. The van der Waals surface area contributed by atoms with Crippen molar-refractivity contribution in [2.24, 2.45) is 45.9 Å². The maximum atomic E-state index is 7.09. The van der Waals surface area contributed by atoms with Crippen molar-refractivity contribution in [1.82, 2.24) is 0 Å². The molecule has 0 amide bonds. The Bertz CT molecular complexity index is 1640. The zero-order valence-corrected chi connectivity index (χ0v) is 28.3. The first-order valence-corrected chi connectivity index (χ1v) is 16.8. The molecule has 3 aliphatic heterocycles. The maximum absolute atomic E-state index is 7.09. The van der Waals surface area contributed by atoms with Gasteiger partial charge in [-0.15, -0.1) is 0 Å². The van der Waals surface area contributed by atoms with Crippen LogP contribution in [0.4, 0.5) is 0 Å². The predicted octanol–water partition coefficient (Wildman–Crippen LogP) is -8.83. The Balaban J connectivity index is 1.43. The first-order valence-electron chi connectivity index (χ1n) is 16.8. The fraction of sp³-hybridized carbons (Fsp3) is 0.455. The average Bonchev–Trinajstić information content (AvgIpc) is 3.31. The minimum absolute atomic E-state index is 0.0365. The first-order chi connectivity index (χ1) is 23.4. The predicted molar refractivity (Wildman–Crippen MR) is 186 cm³/mol. The molecule has 0 bridgehead atoms. The molecule has 16 nitrogen and oxygen atoms in total. The van der Waals surface area contributed by atoms with E-state index < -0.39 is 6.03 Å². The van der Waals surface area contributed by atoms with Gasteiger partial charge in [0.05, 0.1) is 37.3 Å². The van der Waals surface area contributed by atoms with E-state index in [4.69, 9.17) is 55.3 Å². The van der Waals surface area contributed by atoms with Gasteiger partial charge in [-0.2, -0.15) is 0 Å². The number of hydrogen-bond acceptors (Lipinski definition) is 2. The monoisotopic (exact) mass is 676 g/mol. The van der Waals surface area contributed by atoms with Gasteiger partial charge in [-0.3, -0.25) is 65.8 Å². The van der Waals surface area contributed by atoms with E-state index >= 15 is 0 Å². The van der Waals surface area contributed by atoms with Gasteiger partial charge in [0, 0.05) is 24.7 Å². The van der Waals surface area contributed by atoms with Gasteiger partial charge in [0.25, 0.3) is 0 Å². The number of rotatable bonds is 10. The Morgan fingerprint density at radius 2 is 0.980 bits per heavy atom. The van der Waals surface area contributed by atoms with Gasteiger partial charge in [0.15, 0.2) is 23.9 Å². The summed E-state index contributed by atoms with van der Waals surface area (Å²) < 4.78 is 18.7. The number of guanidine groups is 4. The van der Waals surface area contributed by atoms with E-state index in [-0.39, 0.29) is 47.8 Å². The van der Waals surface area contributed by atoms with Gasteiger partial charge in [0.2, 0.25) is 12.1 Å². The lowest BCUT2D eigenvalue weighted by molar-refractivity contribution is -0.866. The van der Waals surface area contributed by atoms with E-state index in [9.17, 15) is 0 Å². The van der Waals surface area contributed by atoms with Crippen molar-refractivity contribution in [2.75, 3.05) is 26.2 Å². The van der Waals surface area contributed by atoms with Crippen molar-refractivity contribution in [3.05, 3.63) is 57.6 Å². The lowest BCUT2D eigenvalue weighted by Gasteiger charge is -2.30. The molecule has 1 saturated carbocycles. The summed E-state index contributed by atoms with van der Waals surface area (Å²) in [5.41, 5.74) is 52.0. The Morgan fingerprint density at radius 1 is 0.633 bits per heavy atom. The van der Waals surface area contributed by atoms with Crippen LogP contribution in [0.5, 0.6) is 11.5 Å². The van der Waals surface area contributed by atoms with Crippen LogP contribution in [-0.4, -0.2) is 89.7 Å². The van der Waals surface area contributed by atoms with E-state index in [2.05, 4.69) is 79.7 Å². The van der Waals surface area contributed by atoms with Gasteiger partial charge in [-0.25, -0.2) is 0 Å². The van der Waals surface area contributed by atoms with Gasteiger partial charge >= 0.3 is 29.9 Å². The van der Waals surface area contributed by atoms with E-state index in [1.54, 1.807) is 0 Å². The summed E-state index contributed by atoms with van der Waals surface area (Å²) in [6, 6.07) is 7.77. The zero-order valence-electron chi connectivity index (χ0n) is 28.3. The minimum Gasteiger partial charge on any atom is -0.340 e. The maximum Gasteiger partial charge on any atom is 0.704 e. The molecular formula is C33H52N14O2+6. The fourth-order valence-corrected chi connectivity index (χ4v) is 7.63. The van der Waals surface area contributed by atoms with Crippen LogP contribution in [0, 0.1) is 13.8 Å². The SMILES string of the molecule is Cc1cc(C(C[NH+]=C(N)N)C[NH+]=C(N)N)cc2c1OC13Oc4c(C)cc(C(C[NH+]=C(N)N)C[NH+]=C(N)N)cc4C=[N+]1C1CCCCC1[N+]3=C2. The number of nitrogens with two attached hydrogens (primary N) is 8. The summed E-state index contributed by atoms with van der Waals surface area (Å²) >= 11 is 0. The number of nitrogens with zero attached hydrogens (tertiary/aromatic N) is 2. The van der Waals surface area contributed by atoms with Gasteiger partial charge in [-0.1, -0.05) is 21.3 Å². The van der Waals surface area contributed by atoms with Gasteiger partial charge < -0.3 is 9.47 Å². The Labute approximate surface area is 285 Å². The molecule has 4 aliphatic rings. The van der Waals surface area contributed by atoms with Crippen LogP contribution in [0.1, 0.15) is 70.9 Å². The highest BCUT2D eigenvalue weighted by Gasteiger charge is 2.76. The highest BCUT2D eigenvalue weighted by Crippen LogP contribution is 2.46. The summed E-state index contributed by atoms with van der Waals surface area (Å²) in [6.45, 7) is 6.08. The Morgan fingerprint density at radius 3 is 1.31 bits per heavy atom. The van der Waals surface area contributed by atoms with Gasteiger partial charge in [0.1, 0.15) is 0 Å². The second kappa shape index (κ2) is 13.2. The molecule has 1 saturated heterocycles. The number of aryl methyl sites for hydroxylation is 2. The van der Waals surface area contributed by atoms with Crippen LogP contribution in [0.25, 0.3) is 0 Å². The molecule has 1 spiro atoms. The Kier molecular flexibility index (Phi) is 8.96. The molecule has 1 aliphatic carbocycles. The van der Waals surface area contributed by atoms with Crippen molar-refractivity contribution in [2.45, 2.75) is 69.5 Å². The molecule has 2 aromatic carbocycles. The second-order valence-corrected chi connectivity index (χ2v) is 13.5. The highest BCUT2D eigenvalue weighted by molar-refractivity contribution is 5.84. The van der Waals surface area contributed by atoms with E-state index in [0.717, 1.165) is 70.6 Å². The van der Waals surface area contributed by atoms with Crippen molar-refractivity contribution < 1.29 is 38.6 Å². The first kappa shape index (κ1) is 33.4. The molecule has 2 atom stereocenters. The molecule has 0 aromatic heterocycles. The number of fused-ring (bicyclic) bond motifs is 5. The third-order valence-electron chi connectivity index (χ3n) is 9.89. The van der Waals surface area contributed by atoms with Crippen LogP contribution in [0.15, 0.2) is 24.3 Å². The molecule has 260 valence electrons. The number of nitrogens with one attached hydrogen (secondary N) is 4. The second-order valence-electron chi connectivity index (χ2n) is 13.5. The molecule has 2 unspecified atom stereocenters. The standard InChI is InChI=1S/C33H48N14O2/c1-17-7-19(23(11-42-29(34)35)12-43-30(36)37)9-21-15-46-25-5-3-4-6-26(25)47-16-22-10-20(24(13-44-31(38)39)14-45-32(40)41)8-18(2)28(22)49-33(46,47)48-27(17)21/h7-10,15-16,23-26H,3-6,11-14H2,1-2H3,(H4,34,35,42)(H4,36,37,43)(H4,38,39,44)(H4,40,41,45)/q+2/p+4. The summed E-state index contributed by atoms with van der Waals surface area (Å²) in [5.74, 6) is 2.07. The van der Waals surface area contributed by atoms with E-state index in [1.807, 2.05) is 0 Å². The largest absolute Gasteiger partial charge is 0.704 e. The smallest absolute Gasteiger partial charge is 0.340 e. The molecular weight excluding hydrogens is 624 g/mol. The molecule has 6 rings (SSSR count). The summed E-state index contributed by atoms with van der Waals surface area (Å²) in [4.78, 5) is 12.2. The number of ether oxygens (including phenoxy) is 2. The van der Waals surface area contributed by atoms with E-state index in [0.29, 0.717) is 26.2 Å². The lowest BCUT2D eigenvalue weighted by Crippen LogP contribution is -2.83. The molecule has 2 aromatic rings. The van der Waals surface area contributed by atoms with Crippen molar-refractivity contribution in [3.8, 4) is 11.5 Å². The minimum atomic E-state index is -1.17. The molecule has 3 heterocycles. The van der Waals surface area contributed by atoms with Crippen molar-refractivity contribution in [1.29, 1.82) is 0 Å². The summed E-state index contributed by atoms with van der Waals surface area (Å²) in [7, 11) is 0. The fourth-order valence-electron chi connectivity index (χ4n) is 7.63.